The zero-order valence-electron chi connectivity index (χ0n) is 20.2. The van der Waals surface area contributed by atoms with Gasteiger partial charge in [0, 0.05) is 46.5 Å². The fraction of sp³-hybridized carbons (Fsp3) is 0.103. The standard InChI is InChI=1S/C29H22N2O8/c30-20(27(35)36)9-13-5-8-21(34)24(26(13)31)17-10-15(33)12-23-25(17)29(19-7-6-14(32)11-22(19)38-23)18-4-2-1-3-16(18)28(37)39-29/h1-8,10-12,20,32-34H,9,30-31H2,(H,35,36). The molecule has 2 aliphatic heterocycles. The molecule has 2 unspecified atom stereocenters. The fourth-order valence-corrected chi connectivity index (χ4v) is 5.42. The molecule has 0 bridgehead atoms. The predicted octanol–water partition coefficient (Wildman–Crippen LogP) is 3.58. The maximum Gasteiger partial charge on any atom is 0.340 e. The third kappa shape index (κ3) is 3.46. The Bertz CT molecular complexity index is 1720. The van der Waals surface area contributed by atoms with Gasteiger partial charge in [0.1, 0.15) is 34.8 Å². The van der Waals surface area contributed by atoms with E-state index in [-0.39, 0.29) is 57.5 Å². The van der Waals surface area contributed by atoms with E-state index in [0.29, 0.717) is 22.3 Å². The Morgan fingerprint density at radius 1 is 0.897 bits per heavy atom. The second kappa shape index (κ2) is 8.40. The van der Waals surface area contributed by atoms with E-state index in [1.807, 2.05) is 0 Å². The van der Waals surface area contributed by atoms with Crippen LogP contribution in [-0.4, -0.2) is 38.4 Å². The van der Waals surface area contributed by atoms with Crippen LogP contribution in [0.15, 0.2) is 66.7 Å². The molecule has 0 aliphatic carbocycles. The zero-order valence-corrected chi connectivity index (χ0v) is 20.2. The average molecular weight is 527 g/mol. The number of hydrogen-bond donors (Lipinski definition) is 6. The number of rotatable bonds is 4. The van der Waals surface area contributed by atoms with Gasteiger partial charge in [0.25, 0.3) is 0 Å². The molecule has 196 valence electrons. The van der Waals surface area contributed by atoms with Crippen molar-refractivity contribution in [3.63, 3.8) is 0 Å². The zero-order chi connectivity index (χ0) is 27.6. The maximum absolute atomic E-state index is 13.2. The number of hydrogen-bond acceptors (Lipinski definition) is 9. The Labute approximate surface area is 221 Å². The fourth-order valence-electron chi connectivity index (χ4n) is 5.42. The van der Waals surface area contributed by atoms with Crippen LogP contribution in [0.3, 0.4) is 0 Å². The maximum atomic E-state index is 13.2. The summed E-state index contributed by atoms with van der Waals surface area (Å²) in [4.78, 5) is 24.6. The number of aliphatic carboxylic acids is 1. The molecule has 0 saturated heterocycles. The number of fused-ring (bicyclic) bond motifs is 6. The van der Waals surface area contributed by atoms with Gasteiger partial charge in [0.2, 0.25) is 0 Å². The second-order valence-corrected chi connectivity index (χ2v) is 9.45. The molecule has 2 aliphatic rings. The van der Waals surface area contributed by atoms with Crippen LogP contribution >= 0.6 is 0 Å². The molecule has 8 N–H and O–H groups in total. The van der Waals surface area contributed by atoms with Crippen LogP contribution in [0.25, 0.3) is 11.1 Å². The van der Waals surface area contributed by atoms with Crippen molar-refractivity contribution in [3.05, 3.63) is 94.5 Å². The summed E-state index contributed by atoms with van der Waals surface area (Å²) in [6.07, 6.45) is -0.128. The van der Waals surface area contributed by atoms with Gasteiger partial charge in [0.15, 0.2) is 5.60 Å². The van der Waals surface area contributed by atoms with Crippen LogP contribution in [0.5, 0.6) is 28.7 Å². The van der Waals surface area contributed by atoms with Crippen LogP contribution in [0.2, 0.25) is 0 Å². The van der Waals surface area contributed by atoms with Crippen LogP contribution < -0.4 is 16.2 Å². The number of nitrogens with two attached hydrogens (primary N) is 2. The molecular formula is C29H22N2O8. The van der Waals surface area contributed by atoms with Crippen molar-refractivity contribution >= 4 is 17.6 Å². The van der Waals surface area contributed by atoms with Crippen molar-refractivity contribution < 1.29 is 39.5 Å². The van der Waals surface area contributed by atoms with Gasteiger partial charge in [-0.05, 0) is 35.9 Å². The van der Waals surface area contributed by atoms with Gasteiger partial charge in [0.05, 0.1) is 11.1 Å². The molecule has 2 heterocycles. The quantitative estimate of drug-likeness (QED) is 0.170. The van der Waals surface area contributed by atoms with E-state index in [0.717, 1.165) is 0 Å². The first-order chi connectivity index (χ1) is 18.6. The van der Waals surface area contributed by atoms with Crippen molar-refractivity contribution in [2.24, 2.45) is 5.73 Å². The molecule has 0 radical (unpaired) electrons. The summed E-state index contributed by atoms with van der Waals surface area (Å²) in [6.45, 7) is 0. The van der Waals surface area contributed by atoms with Gasteiger partial charge < -0.3 is 41.4 Å². The Morgan fingerprint density at radius 3 is 2.41 bits per heavy atom. The number of carboxylic acids is 1. The van der Waals surface area contributed by atoms with Gasteiger partial charge in [-0.25, -0.2) is 4.79 Å². The lowest BCUT2D eigenvalue weighted by Crippen LogP contribution is -2.34. The summed E-state index contributed by atoms with van der Waals surface area (Å²) in [7, 11) is 0. The highest BCUT2D eigenvalue weighted by molar-refractivity contribution is 5.99. The minimum atomic E-state index is -1.60. The first-order valence-corrected chi connectivity index (χ1v) is 11.9. The number of carbonyl (C=O) groups excluding carboxylic acids is 1. The van der Waals surface area contributed by atoms with Crippen LogP contribution in [0, 0.1) is 0 Å². The molecular weight excluding hydrogens is 504 g/mol. The number of carbonyl (C=O) groups is 2. The normalized spacial score (nSPS) is 17.5. The Kier molecular flexibility index (Phi) is 5.20. The third-order valence-corrected chi connectivity index (χ3v) is 7.12. The van der Waals surface area contributed by atoms with Gasteiger partial charge in [-0.2, -0.15) is 0 Å². The minimum Gasteiger partial charge on any atom is -0.508 e. The molecule has 10 nitrogen and oxygen atoms in total. The van der Waals surface area contributed by atoms with Gasteiger partial charge in [-0.3, -0.25) is 4.79 Å². The van der Waals surface area contributed by atoms with E-state index in [9.17, 15) is 30.0 Å². The van der Waals surface area contributed by atoms with E-state index < -0.39 is 23.6 Å². The lowest BCUT2D eigenvalue weighted by atomic mass is 9.74. The number of nitrogen functional groups attached to an aromatic ring is 1. The molecule has 2 atom stereocenters. The first-order valence-electron chi connectivity index (χ1n) is 11.9. The van der Waals surface area contributed by atoms with Crippen LogP contribution in [0.4, 0.5) is 5.69 Å². The summed E-state index contributed by atoms with van der Waals surface area (Å²) in [6, 6.07) is 15.5. The molecule has 0 fully saturated rings. The SMILES string of the molecule is Nc1c(CC(N)C(=O)O)ccc(O)c1-c1cc(O)cc2c1C1(OC(=O)c3ccccc31)c1ccc(O)cc1O2. The number of benzene rings is 4. The van der Waals surface area contributed by atoms with Crippen molar-refractivity contribution in [1.29, 1.82) is 0 Å². The van der Waals surface area contributed by atoms with Crippen molar-refractivity contribution in [1.82, 2.24) is 0 Å². The first kappa shape index (κ1) is 24.1. The molecule has 0 saturated carbocycles. The molecule has 4 aromatic rings. The number of esters is 1. The molecule has 1 spiro atoms. The molecule has 0 amide bonds. The topological polar surface area (TPSA) is 186 Å². The van der Waals surface area contributed by atoms with Gasteiger partial charge in [-0.1, -0.05) is 24.3 Å². The summed E-state index contributed by atoms with van der Waals surface area (Å²) >= 11 is 0. The van der Waals surface area contributed by atoms with E-state index in [2.05, 4.69) is 0 Å². The van der Waals surface area contributed by atoms with E-state index in [1.165, 1.54) is 36.4 Å². The van der Waals surface area contributed by atoms with Gasteiger partial charge >= 0.3 is 11.9 Å². The number of ether oxygens (including phenoxy) is 2. The molecule has 0 aromatic heterocycles. The van der Waals surface area contributed by atoms with E-state index in [1.54, 1.807) is 30.3 Å². The monoisotopic (exact) mass is 526 g/mol. The highest BCUT2D eigenvalue weighted by Gasteiger charge is 2.55. The third-order valence-electron chi connectivity index (χ3n) is 7.12. The molecule has 10 heteroatoms. The summed E-state index contributed by atoms with van der Waals surface area (Å²) in [5.41, 5.74) is 12.8. The number of phenolic OH excluding ortho intramolecular Hbond substituents is 3. The summed E-state index contributed by atoms with van der Waals surface area (Å²) in [5.74, 6) is -2.13. The largest absolute Gasteiger partial charge is 0.508 e. The molecule has 39 heavy (non-hydrogen) atoms. The van der Waals surface area contributed by atoms with Crippen LogP contribution in [-0.2, 0) is 21.6 Å². The smallest absolute Gasteiger partial charge is 0.340 e. The van der Waals surface area contributed by atoms with Crippen LogP contribution in [0.1, 0.15) is 32.6 Å². The lowest BCUT2D eigenvalue weighted by Gasteiger charge is -2.38. The van der Waals surface area contributed by atoms with Crippen molar-refractivity contribution in [3.8, 4) is 39.9 Å². The highest BCUT2D eigenvalue weighted by Crippen LogP contribution is 2.60. The molecule has 4 aromatic carbocycles. The lowest BCUT2D eigenvalue weighted by molar-refractivity contribution is -0.138. The van der Waals surface area contributed by atoms with Crippen molar-refractivity contribution in [2.45, 2.75) is 18.1 Å². The number of aromatic hydroxyl groups is 3. The minimum absolute atomic E-state index is 0.0313. The predicted molar refractivity (Wildman–Crippen MR) is 139 cm³/mol. The van der Waals surface area contributed by atoms with E-state index >= 15 is 0 Å². The van der Waals surface area contributed by atoms with Gasteiger partial charge in [-0.15, -0.1) is 0 Å². The van der Waals surface area contributed by atoms with E-state index in [4.69, 9.17) is 20.9 Å². The number of carboxylic acid groups (broad SMARTS) is 1. The number of phenols is 3. The second-order valence-electron chi connectivity index (χ2n) is 9.45. The molecule has 6 rings (SSSR count). The van der Waals surface area contributed by atoms with Crippen molar-refractivity contribution in [2.75, 3.05) is 5.73 Å². The summed E-state index contributed by atoms with van der Waals surface area (Å²) < 4.78 is 12.3. The number of anilines is 1. The summed E-state index contributed by atoms with van der Waals surface area (Å²) in [5, 5.41) is 41.2. The Balaban J connectivity index is 1.70. The Hall–Kier alpha value is -5.22. The highest BCUT2D eigenvalue weighted by atomic mass is 16.6. The Morgan fingerprint density at radius 2 is 1.64 bits per heavy atom. The average Bonchev–Trinajstić information content (AvgIpc) is 3.17.